The number of hydrazine groups is 1. The molecule has 1 heterocycles. The van der Waals surface area contributed by atoms with E-state index in [4.69, 9.17) is 5.84 Å². The lowest BCUT2D eigenvalue weighted by Gasteiger charge is -2.25. The molecule has 0 spiro atoms. The number of pyridine rings is 1. The van der Waals surface area contributed by atoms with E-state index in [0.29, 0.717) is 28.7 Å². The van der Waals surface area contributed by atoms with Crippen molar-refractivity contribution < 1.29 is 0 Å². The Bertz CT molecular complexity index is 479. The Morgan fingerprint density at radius 3 is 2.58 bits per heavy atom. The molecule has 2 aliphatic rings. The number of aromatic nitrogens is 1. The molecule has 0 saturated heterocycles. The highest BCUT2D eigenvalue weighted by Gasteiger charge is 2.68. The molecule has 3 nitrogen and oxygen atoms in total. The summed E-state index contributed by atoms with van der Waals surface area (Å²) < 4.78 is 0. The molecule has 104 valence electrons. The first-order valence-corrected chi connectivity index (χ1v) is 7.31. The minimum absolute atomic E-state index is 0.334. The Kier molecular flexibility index (Phi) is 2.77. The third kappa shape index (κ3) is 1.68. The summed E-state index contributed by atoms with van der Waals surface area (Å²) in [5.74, 6) is 6.99. The standard InChI is InChI=1S/C16H25N3/c1-15(2)14(16(15,3)4)13(19-17)11-8-7-10-6-5-9-18-12(10)11/h5-6,9,11,13-14,19H,7-8,17H2,1-4H3. The van der Waals surface area contributed by atoms with Crippen molar-refractivity contribution in [2.24, 2.45) is 22.6 Å². The maximum Gasteiger partial charge on any atom is 0.0482 e. The average molecular weight is 259 g/mol. The predicted molar refractivity (Wildman–Crippen MR) is 77.5 cm³/mol. The minimum Gasteiger partial charge on any atom is -0.271 e. The van der Waals surface area contributed by atoms with Crippen LogP contribution in [0, 0.1) is 16.7 Å². The summed E-state index contributed by atoms with van der Waals surface area (Å²) in [5, 5.41) is 0. The summed E-state index contributed by atoms with van der Waals surface area (Å²) in [6.45, 7) is 9.43. The third-order valence-corrected chi connectivity index (χ3v) is 6.12. The first-order valence-electron chi connectivity index (χ1n) is 7.31. The number of nitrogens with one attached hydrogen (secondary N) is 1. The molecule has 3 heteroatoms. The quantitative estimate of drug-likeness (QED) is 0.648. The Labute approximate surface area is 116 Å². The molecule has 0 aromatic carbocycles. The number of hydrogen-bond donors (Lipinski definition) is 2. The van der Waals surface area contributed by atoms with Crippen molar-refractivity contribution in [3.8, 4) is 0 Å². The van der Waals surface area contributed by atoms with Crippen LogP contribution in [0.15, 0.2) is 18.3 Å². The van der Waals surface area contributed by atoms with Crippen LogP contribution in [0.4, 0.5) is 0 Å². The zero-order valence-electron chi connectivity index (χ0n) is 12.4. The van der Waals surface area contributed by atoms with Gasteiger partial charge in [-0.2, -0.15) is 0 Å². The number of aryl methyl sites for hydroxylation is 1. The molecule has 1 fully saturated rings. The SMILES string of the molecule is CC1(C)C(C(NN)C2CCc3cccnc32)C1(C)C. The Morgan fingerprint density at radius 2 is 2.00 bits per heavy atom. The molecular formula is C16H25N3. The van der Waals surface area contributed by atoms with Crippen molar-refractivity contribution >= 4 is 0 Å². The molecule has 0 bridgehead atoms. The Balaban J connectivity index is 1.90. The number of nitrogens with two attached hydrogens (primary N) is 1. The monoisotopic (exact) mass is 259 g/mol. The summed E-state index contributed by atoms with van der Waals surface area (Å²) in [4.78, 5) is 4.62. The first-order chi connectivity index (χ1) is 8.91. The highest BCUT2D eigenvalue weighted by atomic mass is 15.2. The van der Waals surface area contributed by atoms with Gasteiger partial charge in [0.05, 0.1) is 0 Å². The van der Waals surface area contributed by atoms with Gasteiger partial charge in [0.2, 0.25) is 0 Å². The number of rotatable bonds is 3. The molecule has 2 atom stereocenters. The molecule has 0 amide bonds. The van der Waals surface area contributed by atoms with Crippen molar-refractivity contribution in [3.63, 3.8) is 0 Å². The molecule has 19 heavy (non-hydrogen) atoms. The van der Waals surface area contributed by atoms with Crippen LogP contribution in [-0.4, -0.2) is 11.0 Å². The lowest BCUT2D eigenvalue weighted by atomic mass is 9.89. The molecule has 2 unspecified atom stereocenters. The zero-order valence-corrected chi connectivity index (χ0v) is 12.4. The van der Waals surface area contributed by atoms with E-state index < -0.39 is 0 Å². The van der Waals surface area contributed by atoms with E-state index in [1.54, 1.807) is 0 Å². The van der Waals surface area contributed by atoms with Gasteiger partial charge < -0.3 is 0 Å². The predicted octanol–water partition coefficient (Wildman–Crippen LogP) is 2.63. The highest BCUT2D eigenvalue weighted by Crippen LogP contribution is 2.71. The van der Waals surface area contributed by atoms with Gasteiger partial charge in [-0.15, -0.1) is 0 Å². The Hall–Kier alpha value is -0.930. The summed E-state index contributed by atoms with van der Waals surface area (Å²) >= 11 is 0. The summed E-state index contributed by atoms with van der Waals surface area (Å²) in [5.41, 5.74) is 6.49. The van der Waals surface area contributed by atoms with Crippen LogP contribution < -0.4 is 11.3 Å². The molecular weight excluding hydrogens is 234 g/mol. The van der Waals surface area contributed by atoms with Gasteiger partial charge in [0.15, 0.2) is 0 Å². The number of fused-ring (bicyclic) bond motifs is 1. The largest absolute Gasteiger partial charge is 0.271 e. The van der Waals surface area contributed by atoms with Crippen LogP contribution in [0.5, 0.6) is 0 Å². The van der Waals surface area contributed by atoms with Crippen molar-refractivity contribution in [1.29, 1.82) is 0 Å². The van der Waals surface area contributed by atoms with Gasteiger partial charge in [0.1, 0.15) is 0 Å². The van der Waals surface area contributed by atoms with Gasteiger partial charge in [-0.1, -0.05) is 33.8 Å². The molecule has 3 rings (SSSR count). The lowest BCUT2D eigenvalue weighted by molar-refractivity contribution is 0.341. The van der Waals surface area contributed by atoms with Gasteiger partial charge >= 0.3 is 0 Å². The van der Waals surface area contributed by atoms with Crippen LogP contribution in [0.25, 0.3) is 0 Å². The van der Waals surface area contributed by atoms with Gasteiger partial charge in [-0.25, -0.2) is 0 Å². The maximum absolute atomic E-state index is 5.92. The second kappa shape index (κ2) is 4.03. The normalized spacial score (nSPS) is 29.0. The fraction of sp³-hybridized carbons (Fsp3) is 0.688. The lowest BCUT2D eigenvalue weighted by Crippen LogP contribution is -2.42. The zero-order chi connectivity index (χ0) is 13.8. The number of hydrogen-bond acceptors (Lipinski definition) is 3. The highest BCUT2D eigenvalue weighted by molar-refractivity contribution is 5.32. The fourth-order valence-corrected chi connectivity index (χ4v) is 4.38. The van der Waals surface area contributed by atoms with E-state index >= 15 is 0 Å². The molecule has 1 aromatic rings. The van der Waals surface area contributed by atoms with Crippen LogP contribution in [0.3, 0.4) is 0 Å². The van der Waals surface area contributed by atoms with Crippen molar-refractivity contribution in [1.82, 2.24) is 10.4 Å². The first kappa shape index (κ1) is 13.1. The second-order valence-corrected chi connectivity index (χ2v) is 7.31. The van der Waals surface area contributed by atoms with E-state index in [1.165, 1.54) is 17.7 Å². The van der Waals surface area contributed by atoms with Gasteiger partial charge in [-0.05, 0) is 41.2 Å². The van der Waals surface area contributed by atoms with Crippen molar-refractivity contribution in [2.45, 2.75) is 52.5 Å². The van der Waals surface area contributed by atoms with Crippen LogP contribution in [-0.2, 0) is 6.42 Å². The van der Waals surface area contributed by atoms with Crippen molar-refractivity contribution in [3.05, 3.63) is 29.6 Å². The minimum atomic E-state index is 0.334. The van der Waals surface area contributed by atoms with E-state index in [1.807, 2.05) is 12.3 Å². The Morgan fingerprint density at radius 1 is 1.32 bits per heavy atom. The summed E-state index contributed by atoms with van der Waals surface area (Å²) in [6.07, 6.45) is 4.22. The molecule has 0 radical (unpaired) electrons. The molecule has 2 aliphatic carbocycles. The van der Waals surface area contributed by atoms with E-state index in [2.05, 4.69) is 44.2 Å². The van der Waals surface area contributed by atoms with Crippen LogP contribution in [0.2, 0.25) is 0 Å². The van der Waals surface area contributed by atoms with Crippen LogP contribution >= 0.6 is 0 Å². The summed E-state index contributed by atoms with van der Waals surface area (Å²) in [6, 6.07) is 4.58. The molecule has 0 aliphatic heterocycles. The average Bonchev–Trinajstić information content (AvgIpc) is 2.69. The molecule has 3 N–H and O–H groups in total. The topological polar surface area (TPSA) is 50.9 Å². The fourth-order valence-electron chi connectivity index (χ4n) is 4.38. The third-order valence-electron chi connectivity index (χ3n) is 6.12. The maximum atomic E-state index is 5.92. The second-order valence-electron chi connectivity index (χ2n) is 7.31. The summed E-state index contributed by atoms with van der Waals surface area (Å²) in [7, 11) is 0. The van der Waals surface area contributed by atoms with Gasteiger partial charge in [-0.3, -0.25) is 16.3 Å². The van der Waals surface area contributed by atoms with E-state index in [9.17, 15) is 0 Å². The van der Waals surface area contributed by atoms with Crippen molar-refractivity contribution in [2.75, 3.05) is 0 Å². The van der Waals surface area contributed by atoms with Gasteiger partial charge in [0.25, 0.3) is 0 Å². The number of nitrogens with zero attached hydrogens (tertiary/aromatic N) is 1. The smallest absolute Gasteiger partial charge is 0.0482 e. The van der Waals surface area contributed by atoms with E-state index in [0.717, 1.165) is 6.42 Å². The molecule has 1 saturated carbocycles. The van der Waals surface area contributed by atoms with E-state index in [-0.39, 0.29) is 0 Å². The van der Waals surface area contributed by atoms with Crippen LogP contribution in [0.1, 0.15) is 51.3 Å². The molecule has 1 aromatic heterocycles. The van der Waals surface area contributed by atoms with Gasteiger partial charge in [0, 0.05) is 23.9 Å².